The maximum atomic E-state index is 11.9. The van der Waals surface area contributed by atoms with Crippen LogP contribution in [0.4, 0.5) is 0 Å². The molecule has 0 radical (unpaired) electrons. The van der Waals surface area contributed by atoms with Crippen molar-refractivity contribution < 1.29 is 4.79 Å². The molecule has 0 saturated heterocycles. The molecule has 0 aliphatic heterocycles. The molecule has 3 N–H and O–H groups in total. The van der Waals surface area contributed by atoms with Crippen LogP contribution in [0.3, 0.4) is 0 Å². The van der Waals surface area contributed by atoms with Crippen LogP contribution >= 0.6 is 0 Å². The molecule has 2 heterocycles. The predicted molar refractivity (Wildman–Crippen MR) is 76.2 cm³/mol. The quantitative estimate of drug-likeness (QED) is 0.827. The second kappa shape index (κ2) is 5.42. The Hall–Kier alpha value is -2.21. The van der Waals surface area contributed by atoms with Crippen molar-refractivity contribution >= 4 is 11.6 Å². The molecule has 0 aliphatic carbocycles. The lowest BCUT2D eigenvalue weighted by molar-refractivity contribution is -0.119. The van der Waals surface area contributed by atoms with Crippen LogP contribution in [0.25, 0.3) is 5.65 Å². The van der Waals surface area contributed by atoms with Gasteiger partial charge in [0.05, 0.1) is 5.69 Å². The van der Waals surface area contributed by atoms with Crippen LogP contribution in [0.1, 0.15) is 26.0 Å². The van der Waals surface area contributed by atoms with E-state index in [2.05, 4.69) is 10.3 Å². The Morgan fingerprint density at radius 2 is 2.20 bits per heavy atom. The summed E-state index contributed by atoms with van der Waals surface area (Å²) in [6.45, 7) is 4.16. The molecule has 0 unspecified atom stereocenters. The van der Waals surface area contributed by atoms with Gasteiger partial charge >= 0.3 is 0 Å². The average Bonchev–Trinajstić information content (AvgIpc) is 2.35. The topological polar surface area (TPSA) is 89.5 Å². The molecule has 0 saturated carbocycles. The number of carbonyl (C=O) groups excluding carboxylic acids is 1. The molecule has 1 amide bonds. The van der Waals surface area contributed by atoms with Gasteiger partial charge < -0.3 is 11.1 Å². The number of pyridine rings is 1. The molecule has 106 valence electrons. The summed E-state index contributed by atoms with van der Waals surface area (Å²) >= 11 is 0. The van der Waals surface area contributed by atoms with E-state index in [-0.39, 0.29) is 17.9 Å². The van der Waals surface area contributed by atoms with Crippen molar-refractivity contribution in [3.63, 3.8) is 0 Å². The number of carbonyl (C=O) groups is 1. The van der Waals surface area contributed by atoms with E-state index in [4.69, 9.17) is 5.73 Å². The van der Waals surface area contributed by atoms with Gasteiger partial charge in [-0.15, -0.1) is 0 Å². The lowest BCUT2D eigenvalue weighted by Gasteiger charge is -2.24. The highest BCUT2D eigenvalue weighted by molar-refractivity contribution is 5.74. The minimum atomic E-state index is -0.435. The summed E-state index contributed by atoms with van der Waals surface area (Å²) in [4.78, 5) is 27.3. The number of aromatic nitrogens is 2. The van der Waals surface area contributed by atoms with Crippen LogP contribution in [0.2, 0.25) is 0 Å². The Morgan fingerprint density at radius 1 is 1.45 bits per heavy atom. The van der Waals surface area contributed by atoms with Crippen molar-refractivity contribution in [1.29, 1.82) is 0 Å². The summed E-state index contributed by atoms with van der Waals surface area (Å²) < 4.78 is 1.48. The zero-order valence-electron chi connectivity index (χ0n) is 11.6. The molecular formula is C14H18N4O2. The van der Waals surface area contributed by atoms with E-state index in [0.717, 1.165) is 0 Å². The Morgan fingerprint density at radius 3 is 2.90 bits per heavy atom. The predicted octanol–water partition coefficient (Wildman–Crippen LogP) is 0.438. The normalized spacial score (nSPS) is 11.7. The van der Waals surface area contributed by atoms with Crippen LogP contribution in [0.15, 0.2) is 35.3 Å². The number of fused-ring (bicyclic) bond motifs is 1. The fourth-order valence-electron chi connectivity index (χ4n) is 2.02. The number of hydrogen-bond donors (Lipinski definition) is 2. The first-order valence-electron chi connectivity index (χ1n) is 6.38. The standard InChI is InChI=1S/C14H18N4O2/c1-14(2,8-11(15)19)16-9-10-7-13(20)18-6-4-3-5-12(18)17-10/h3-7,16H,8-9H2,1-2H3,(H2,15,19). The van der Waals surface area contributed by atoms with Gasteiger partial charge in [-0.2, -0.15) is 0 Å². The van der Waals surface area contributed by atoms with Gasteiger partial charge in [0.2, 0.25) is 5.91 Å². The van der Waals surface area contributed by atoms with Crippen LogP contribution in [-0.2, 0) is 11.3 Å². The summed E-state index contributed by atoms with van der Waals surface area (Å²) in [7, 11) is 0. The Balaban J connectivity index is 2.18. The van der Waals surface area contributed by atoms with E-state index in [1.54, 1.807) is 18.3 Å². The fourth-order valence-corrected chi connectivity index (χ4v) is 2.02. The highest BCUT2D eigenvalue weighted by Crippen LogP contribution is 2.08. The van der Waals surface area contributed by atoms with Gasteiger partial charge in [0.1, 0.15) is 5.65 Å². The SMILES string of the molecule is CC(C)(CC(N)=O)NCc1cc(=O)n2ccccc2n1. The zero-order valence-corrected chi connectivity index (χ0v) is 11.6. The number of rotatable bonds is 5. The number of nitrogens with zero attached hydrogens (tertiary/aromatic N) is 2. The molecule has 2 rings (SSSR count). The first kappa shape index (κ1) is 14.2. The van der Waals surface area contributed by atoms with Crippen LogP contribution in [0.5, 0.6) is 0 Å². The molecule has 6 heteroatoms. The van der Waals surface area contributed by atoms with Gasteiger partial charge in [0, 0.05) is 30.8 Å². The van der Waals surface area contributed by atoms with Crippen molar-refractivity contribution in [2.45, 2.75) is 32.4 Å². The maximum Gasteiger partial charge on any atom is 0.258 e. The summed E-state index contributed by atoms with van der Waals surface area (Å²) in [5.74, 6) is -0.367. The third kappa shape index (κ3) is 3.42. The molecule has 2 aromatic rings. The van der Waals surface area contributed by atoms with Gasteiger partial charge in [-0.25, -0.2) is 4.98 Å². The molecule has 0 bridgehead atoms. The number of nitrogens with two attached hydrogens (primary N) is 1. The first-order valence-corrected chi connectivity index (χ1v) is 6.38. The van der Waals surface area contributed by atoms with Gasteiger partial charge in [0.15, 0.2) is 0 Å². The minimum absolute atomic E-state index is 0.125. The monoisotopic (exact) mass is 274 g/mol. The molecular weight excluding hydrogens is 256 g/mol. The van der Waals surface area contributed by atoms with Crippen LogP contribution < -0.4 is 16.6 Å². The summed E-state index contributed by atoms with van der Waals surface area (Å²) in [5.41, 5.74) is 5.88. The number of amides is 1. The Kier molecular flexibility index (Phi) is 3.85. The van der Waals surface area contributed by atoms with E-state index in [9.17, 15) is 9.59 Å². The molecule has 0 fully saturated rings. The number of primary amides is 1. The van der Waals surface area contributed by atoms with E-state index < -0.39 is 5.54 Å². The molecule has 2 aromatic heterocycles. The molecule has 6 nitrogen and oxygen atoms in total. The van der Waals surface area contributed by atoms with Crippen molar-refractivity contribution in [2.75, 3.05) is 0 Å². The molecule has 0 aromatic carbocycles. The van der Waals surface area contributed by atoms with Crippen molar-refractivity contribution in [3.05, 3.63) is 46.5 Å². The molecule has 0 atom stereocenters. The van der Waals surface area contributed by atoms with Gasteiger partial charge in [0.25, 0.3) is 5.56 Å². The highest BCUT2D eigenvalue weighted by Gasteiger charge is 2.20. The van der Waals surface area contributed by atoms with Crippen LogP contribution in [0, 0.1) is 0 Å². The lowest BCUT2D eigenvalue weighted by atomic mass is 10.0. The molecule has 0 spiro atoms. The van der Waals surface area contributed by atoms with Gasteiger partial charge in [-0.1, -0.05) is 6.07 Å². The summed E-state index contributed by atoms with van der Waals surface area (Å²) in [6.07, 6.45) is 1.90. The Labute approximate surface area is 116 Å². The van der Waals surface area contributed by atoms with E-state index in [1.807, 2.05) is 19.9 Å². The maximum absolute atomic E-state index is 11.9. The van der Waals surface area contributed by atoms with Crippen molar-refractivity contribution in [3.8, 4) is 0 Å². The van der Waals surface area contributed by atoms with E-state index in [0.29, 0.717) is 17.9 Å². The first-order chi connectivity index (χ1) is 9.37. The highest BCUT2D eigenvalue weighted by atomic mass is 16.1. The number of nitrogens with one attached hydrogen (secondary N) is 1. The third-order valence-corrected chi connectivity index (χ3v) is 2.99. The lowest BCUT2D eigenvalue weighted by Crippen LogP contribution is -2.42. The number of hydrogen-bond acceptors (Lipinski definition) is 4. The van der Waals surface area contributed by atoms with E-state index in [1.165, 1.54) is 10.5 Å². The van der Waals surface area contributed by atoms with Crippen molar-refractivity contribution in [2.24, 2.45) is 5.73 Å². The largest absolute Gasteiger partial charge is 0.370 e. The average molecular weight is 274 g/mol. The van der Waals surface area contributed by atoms with Gasteiger partial charge in [-0.3, -0.25) is 14.0 Å². The van der Waals surface area contributed by atoms with Crippen molar-refractivity contribution in [1.82, 2.24) is 14.7 Å². The second-order valence-corrected chi connectivity index (χ2v) is 5.40. The summed E-state index contributed by atoms with van der Waals surface area (Å²) in [5, 5.41) is 3.19. The zero-order chi connectivity index (χ0) is 14.8. The smallest absolute Gasteiger partial charge is 0.258 e. The van der Waals surface area contributed by atoms with Gasteiger partial charge in [-0.05, 0) is 26.0 Å². The molecule has 20 heavy (non-hydrogen) atoms. The second-order valence-electron chi connectivity index (χ2n) is 5.40. The fraction of sp³-hybridized carbons (Fsp3) is 0.357. The van der Waals surface area contributed by atoms with E-state index >= 15 is 0 Å². The minimum Gasteiger partial charge on any atom is -0.370 e. The summed E-state index contributed by atoms with van der Waals surface area (Å²) in [6, 6.07) is 6.87. The Bertz CT molecular complexity index is 691. The third-order valence-electron chi connectivity index (χ3n) is 2.99. The van der Waals surface area contributed by atoms with Crippen LogP contribution in [-0.4, -0.2) is 20.8 Å². The molecule has 0 aliphatic rings.